The maximum absolute atomic E-state index is 0. The van der Waals surface area contributed by atoms with Crippen LogP contribution in [0.15, 0.2) is 0 Å². The van der Waals surface area contributed by atoms with Gasteiger partial charge in [0.15, 0.2) is 17.4 Å². The van der Waals surface area contributed by atoms with Crippen molar-refractivity contribution in [3.63, 3.8) is 0 Å². The zero-order chi connectivity index (χ0) is 0. The zero-order valence-electron chi connectivity index (χ0n) is 1.71. The second kappa shape index (κ2) is 43.2. The summed E-state index contributed by atoms with van der Waals surface area (Å²) >= 11 is 0. The molecule has 0 nitrogen and oxygen atoms in total. The van der Waals surface area contributed by atoms with E-state index in [1.807, 2.05) is 0 Å². The minimum atomic E-state index is 0. The Hall–Kier alpha value is 3.04. The van der Waals surface area contributed by atoms with Gasteiger partial charge < -0.3 is 0 Å². The van der Waals surface area contributed by atoms with Crippen LogP contribution in [0.3, 0.4) is 0 Å². The van der Waals surface area contributed by atoms with Gasteiger partial charge >= 0.3 is 0 Å². The Labute approximate surface area is 102 Å². The predicted molar refractivity (Wildman–Crippen MR) is 31.2 cm³/mol. The summed E-state index contributed by atoms with van der Waals surface area (Å²) in [6, 6.07) is 0. The summed E-state index contributed by atoms with van der Waals surface area (Å²) in [5.41, 5.74) is 0. The Bertz CT molecular complexity index is 15.5. The summed E-state index contributed by atoms with van der Waals surface area (Å²) in [6.07, 6.45) is 0. The van der Waals surface area contributed by atoms with E-state index in [4.69, 9.17) is 0 Å². The van der Waals surface area contributed by atoms with Crippen molar-refractivity contribution in [2.75, 3.05) is 0 Å². The molecule has 0 radical (unpaired) electrons. The molecule has 0 aromatic heterocycles. The van der Waals surface area contributed by atoms with E-state index >= 15 is 0 Å². The van der Waals surface area contributed by atoms with Crippen LogP contribution in [0, 0.1) is 0 Å². The van der Waals surface area contributed by atoms with Gasteiger partial charge in [0.05, 0.1) is 8.41 Å². The van der Waals surface area contributed by atoms with Crippen molar-refractivity contribution < 1.29 is 67.4 Å². The molecule has 0 aromatic carbocycles. The van der Waals surface area contributed by atoms with Crippen LogP contribution in [0.4, 0.5) is 0 Å². The van der Waals surface area contributed by atoms with E-state index in [1.165, 1.54) is 0 Å². The molecule has 0 amide bonds. The van der Waals surface area contributed by atoms with Crippen LogP contribution in [0.25, 0.3) is 0 Å². The molecule has 6 heavy (non-hydrogen) atoms. The van der Waals surface area contributed by atoms with Crippen molar-refractivity contribution in [2.45, 2.75) is 0 Å². The molecule has 0 atom stereocenters. The van der Waals surface area contributed by atoms with E-state index in [0.29, 0.717) is 0 Å². The van der Waals surface area contributed by atoms with E-state index in [1.54, 1.807) is 0 Å². The van der Waals surface area contributed by atoms with Gasteiger partial charge in [-0.3, -0.25) is 0 Å². The molecule has 0 spiro atoms. The van der Waals surface area contributed by atoms with Gasteiger partial charge in [-0.05, 0) is 11.0 Å². The van der Waals surface area contributed by atoms with E-state index in [0.717, 1.165) is 0 Å². The van der Waals surface area contributed by atoms with Gasteiger partial charge in [0, 0.05) is 67.4 Å². The van der Waals surface area contributed by atoms with Gasteiger partial charge in [0.1, 0.15) is 0 Å². The molecule has 0 saturated carbocycles. The monoisotopic (exact) mass is 278 g/mol. The van der Waals surface area contributed by atoms with Crippen molar-refractivity contribution in [1.29, 1.82) is 0 Å². The largest absolute Gasteiger partial charge is 0.187 e. The first kappa shape index (κ1) is 63.3. The second-order valence-corrected chi connectivity index (χ2v) is 0. The molecule has 0 N–H and O–H groups in total. The number of hydrogen-bond acceptors (Lipinski definition) is 0. The Balaban J connectivity index is 0. The Morgan fingerprint density at radius 2 is 1.00 bits per heavy atom. The summed E-state index contributed by atoms with van der Waals surface area (Å²) in [4.78, 5) is 0. The third-order valence-electron chi connectivity index (χ3n) is 0. The van der Waals surface area contributed by atoms with Gasteiger partial charge in [-0.2, -0.15) is 0 Å². The topological polar surface area (TPSA) is 0 Å². The van der Waals surface area contributed by atoms with Crippen LogP contribution in [0.5, 0.6) is 0 Å². The van der Waals surface area contributed by atoms with Crippen molar-refractivity contribution >= 4 is 36.7 Å². The summed E-state index contributed by atoms with van der Waals surface area (Å²) in [7, 11) is 0. The van der Waals surface area contributed by atoms with E-state index in [9.17, 15) is 0 Å². The van der Waals surface area contributed by atoms with Gasteiger partial charge in [0.25, 0.3) is 0 Å². The number of rotatable bonds is 0. The molecule has 0 aliphatic heterocycles. The van der Waals surface area contributed by atoms with E-state index < -0.39 is 0 Å². The molecular formula is H10AlBSiTiZnZr. The smallest absolute Gasteiger partial charge is 0.0149 e. The maximum atomic E-state index is 0. The van der Waals surface area contributed by atoms with E-state index in [2.05, 4.69) is 0 Å². The van der Waals surface area contributed by atoms with E-state index in [-0.39, 0.29) is 104 Å². The molecule has 0 fully saturated rings. The fourth-order valence-corrected chi connectivity index (χ4v) is 0. The van der Waals surface area contributed by atoms with Gasteiger partial charge in [-0.1, -0.05) is 0 Å². The summed E-state index contributed by atoms with van der Waals surface area (Å²) in [6.45, 7) is 0. The Kier molecular flexibility index (Phi) is 456. The normalized spacial score (nSPS) is 0. The average Bonchev–Trinajstić information content (AvgIpc) is 0. The van der Waals surface area contributed by atoms with Crippen LogP contribution in [0.2, 0.25) is 0 Å². The zero-order valence-corrected chi connectivity index (χ0v) is 8.69. The summed E-state index contributed by atoms with van der Waals surface area (Å²) in [5, 5.41) is 0. The Morgan fingerprint density at radius 1 is 1.00 bits per heavy atom. The molecular weight excluding hydrogens is 270 g/mol. The van der Waals surface area contributed by atoms with Crippen molar-refractivity contribution in [3.8, 4) is 0 Å². The maximum Gasteiger partial charge on any atom is 0.187 e. The van der Waals surface area contributed by atoms with Gasteiger partial charge in [-0.25, -0.2) is 0 Å². The summed E-state index contributed by atoms with van der Waals surface area (Å²) < 4.78 is 0. The number of hydrogen-bond donors (Lipinski definition) is 0. The molecule has 0 rings (SSSR count). The van der Waals surface area contributed by atoms with Crippen molar-refractivity contribution in [3.05, 3.63) is 0 Å². The first-order chi connectivity index (χ1) is 0. The standard InChI is InChI=1S/Al.BH3.H4Si.Ti.Zn.Zr.3H/h;1H3;1H4;;;;;;. The van der Waals surface area contributed by atoms with Crippen LogP contribution >= 0.6 is 0 Å². The quantitative estimate of drug-likeness (QED) is 0.399. The second-order valence-electron chi connectivity index (χ2n) is 0. The first-order valence-corrected chi connectivity index (χ1v) is 0. The average molecular weight is 280 g/mol. The van der Waals surface area contributed by atoms with Gasteiger partial charge in [-0.15, -0.1) is 0 Å². The molecule has 0 saturated heterocycles. The van der Waals surface area contributed by atoms with Crippen LogP contribution in [-0.4, -0.2) is 36.7 Å². The summed E-state index contributed by atoms with van der Waals surface area (Å²) in [5.74, 6) is 0. The molecule has 0 unspecified atom stereocenters. The van der Waals surface area contributed by atoms with Crippen LogP contribution < -0.4 is 0 Å². The molecule has 0 bridgehead atoms. The third-order valence-corrected chi connectivity index (χ3v) is 0. The van der Waals surface area contributed by atoms with Crippen molar-refractivity contribution in [1.82, 2.24) is 0 Å². The third kappa shape index (κ3) is 27.8. The minimum absolute atomic E-state index is 0. The molecule has 0 aliphatic carbocycles. The van der Waals surface area contributed by atoms with Crippen LogP contribution in [-0.2, 0) is 67.4 Å². The van der Waals surface area contributed by atoms with Crippen molar-refractivity contribution in [2.24, 2.45) is 0 Å². The predicted octanol–water partition coefficient (Wildman–Crippen LogP) is -3.83. The molecule has 30 valence electrons. The SMILES string of the molecule is B.[AlH3].[SiH4].[Ti].[Zn].[Zr]. The minimum Gasteiger partial charge on any atom is -0.0149 e. The molecule has 6 heteroatoms. The van der Waals surface area contributed by atoms with Crippen LogP contribution in [0.1, 0.15) is 0 Å². The molecule has 0 heterocycles. The molecule has 0 aromatic rings. The molecule has 0 aliphatic rings. The Morgan fingerprint density at radius 3 is 1.00 bits per heavy atom. The fourth-order valence-electron chi connectivity index (χ4n) is 0. The first-order valence-electron chi connectivity index (χ1n) is 0. The van der Waals surface area contributed by atoms with Gasteiger partial charge in [0.2, 0.25) is 0 Å². The fraction of sp³-hybridized carbons (Fsp3) is 0.